The Kier molecular flexibility index (Phi) is 4.28. The van der Waals surface area contributed by atoms with Crippen LogP contribution in [0.3, 0.4) is 0 Å². The summed E-state index contributed by atoms with van der Waals surface area (Å²) in [6.45, 7) is 0.888. The van der Waals surface area contributed by atoms with Crippen LogP contribution in [-0.2, 0) is 13.0 Å². The number of aromatic nitrogens is 3. The lowest BCUT2D eigenvalue weighted by Gasteiger charge is -2.11. The van der Waals surface area contributed by atoms with Crippen LogP contribution in [0.25, 0.3) is 11.4 Å². The van der Waals surface area contributed by atoms with Crippen molar-refractivity contribution in [3.05, 3.63) is 53.2 Å². The Balaban J connectivity index is 1.67. The predicted molar refractivity (Wildman–Crippen MR) is 94.7 cm³/mol. The fourth-order valence-corrected chi connectivity index (χ4v) is 3.26. The van der Waals surface area contributed by atoms with Gasteiger partial charge in [0.2, 0.25) is 0 Å². The molecule has 0 bridgehead atoms. The molecular formula is C18H17ClN4O2. The number of rotatable bonds is 3. The van der Waals surface area contributed by atoms with Crippen LogP contribution in [0.4, 0.5) is 5.69 Å². The molecule has 0 saturated carbocycles. The predicted octanol–water partition coefficient (Wildman–Crippen LogP) is 4.17. The first-order chi connectivity index (χ1) is 12.2. The lowest BCUT2D eigenvalue weighted by Crippen LogP contribution is -2.11. The van der Waals surface area contributed by atoms with Crippen molar-refractivity contribution in [3.8, 4) is 11.4 Å². The maximum Gasteiger partial charge on any atom is 0.258 e. The van der Waals surface area contributed by atoms with Crippen molar-refractivity contribution in [2.24, 2.45) is 0 Å². The second kappa shape index (κ2) is 6.72. The first-order valence-corrected chi connectivity index (χ1v) is 8.66. The van der Waals surface area contributed by atoms with Crippen molar-refractivity contribution in [2.75, 3.05) is 5.32 Å². The van der Waals surface area contributed by atoms with E-state index >= 15 is 0 Å². The Morgan fingerprint density at radius 3 is 2.96 bits per heavy atom. The Labute approximate surface area is 149 Å². The standard InChI is InChI=1S/C18H17ClN4O2/c19-15-6-5-13(20-18(24)12-7-9-25-11-12)10-14(15)17-22-21-16-4-2-1-3-8-23(16)17/h5-7,9-11H,1-4,8H2,(H,20,24). The van der Waals surface area contributed by atoms with Crippen molar-refractivity contribution >= 4 is 23.2 Å². The molecule has 0 spiro atoms. The molecule has 0 fully saturated rings. The molecule has 6 nitrogen and oxygen atoms in total. The van der Waals surface area contributed by atoms with Crippen LogP contribution < -0.4 is 5.32 Å². The molecule has 3 aromatic rings. The van der Waals surface area contributed by atoms with Crippen molar-refractivity contribution in [1.29, 1.82) is 0 Å². The molecule has 1 aromatic carbocycles. The van der Waals surface area contributed by atoms with Gasteiger partial charge in [-0.2, -0.15) is 0 Å². The molecule has 3 heterocycles. The average Bonchev–Trinajstić information content (AvgIpc) is 3.22. The summed E-state index contributed by atoms with van der Waals surface area (Å²) in [5, 5.41) is 12.1. The van der Waals surface area contributed by atoms with E-state index in [0.29, 0.717) is 16.3 Å². The number of furan rings is 1. The molecule has 128 valence electrons. The maximum absolute atomic E-state index is 12.2. The number of aryl methyl sites for hydroxylation is 1. The van der Waals surface area contributed by atoms with E-state index in [4.69, 9.17) is 16.0 Å². The van der Waals surface area contributed by atoms with E-state index in [1.165, 1.54) is 18.9 Å². The zero-order valence-electron chi connectivity index (χ0n) is 13.5. The zero-order chi connectivity index (χ0) is 17.2. The van der Waals surface area contributed by atoms with Crippen LogP contribution in [0.5, 0.6) is 0 Å². The molecule has 7 heteroatoms. The monoisotopic (exact) mass is 356 g/mol. The molecule has 2 aromatic heterocycles. The first-order valence-electron chi connectivity index (χ1n) is 8.28. The van der Waals surface area contributed by atoms with Crippen molar-refractivity contribution < 1.29 is 9.21 Å². The van der Waals surface area contributed by atoms with Gasteiger partial charge in [0, 0.05) is 24.2 Å². The summed E-state index contributed by atoms with van der Waals surface area (Å²) in [6.07, 6.45) is 7.23. The summed E-state index contributed by atoms with van der Waals surface area (Å²) < 4.78 is 7.08. The van der Waals surface area contributed by atoms with Crippen LogP contribution in [0.1, 0.15) is 35.4 Å². The summed E-state index contributed by atoms with van der Waals surface area (Å²) in [7, 11) is 0. The number of hydrogen-bond acceptors (Lipinski definition) is 4. The molecule has 25 heavy (non-hydrogen) atoms. The molecule has 1 N–H and O–H groups in total. The highest BCUT2D eigenvalue weighted by atomic mass is 35.5. The maximum atomic E-state index is 12.2. The molecule has 1 aliphatic heterocycles. The van der Waals surface area contributed by atoms with Crippen molar-refractivity contribution in [2.45, 2.75) is 32.2 Å². The Hall–Kier alpha value is -2.60. The highest BCUT2D eigenvalue weighted by molar-refractivity contribution is 6.33. The van der Waals surface area contributed by atoms with E-state index in [9.17, 15) is 4.79 Å². The fourth-order valence-electron chi connectivity index (χ4n) is 3.06. The molecule has 0 saturated heterocycles. The normalized spacial score (nSPS) is 14.0. The summed E-state index contributed by atoms with van der Waals surface area (Å²) in [5.74, 6) is 1.51. The highest BCUT2D eigenvalue weighted by Gasteiger charge is 2.18. The molecule has 4 rings (SSSR count). The molecule has 0 atom stereocenters. The quantitative estimate of drug-likeness (QED) is 0.764. The second-order valence-corrected chi connectivity index (χ2v) is 6.47. The van der Waals surface area contributed by atoms with Gasteiger partial charge in [0.1, 0.15) is 12.1 Å². The number of hydrogen-bond donors (Lipinski definition) is 1. The Morgan fingerprint density at radius 1 is 1.20 bits per heavy atom. The highest BCUT2D eigenvalue weighted by Crippen LogP contribution is 2.31. The summed E-state index contributed by atoms with van der Waals surface area (Å²) >= 11 is 6.40. The minimum atomic E-state index is -0.234. The second-order valence-electron chi connectivity index (χ2n) is 6.06. The van der Waals surface area contributed by atoms with E-state index < -0.39 is 0 Å². The fraction of sp³-hybridized carbons (Fsp3) is 0.278. The number of anilines is 1. The topological polar surface area (TPSA) is 73.0 Å². The van der Waals surface area contributed by atoms with Gasteiger partial charge in [-0.1, -0.05) is 18.0 Å². The number of carbonyl (C=O) groups is 1. The number of benzene rings is 1. The minimum absolute atomic E-state index is 0.234. The van der Waals surface area contributed by atoms with E-state index in [1.807, 2.05) is 6.07 Å². The summed E-state index contributed by atoms with van der Waals surface area (Å²) in [5.41, 5.74) is 1.89. The summed E-state index contributed by atoms with van der Waals surface area (Å²) in [4.78, 5) is 12.2. The molecular weight excluding hydrogens is 340 g/mol. The van der Waals surface area contributed by atoms with E-state index in [0.717, 1.165) is 43.0 Å². The zero-order valence-corrected chi connectivity index (χ0v) is 14.3. The number of halogens is 1. The Bertz CT molecular complexity index is 902. The van der Waals surface area contributed by atoms with Gasteiger partial charge in [-0.3, -0.25) is 4.79 Å². The third kappa shape index (κ3) is 3.17. The first kappa shape index (κ1) is 15.9. The third-order valence-corrected chi connectivity index (χ3v) is 4.69. The largest absolute Gasteiger partial charge is 0.472 e. The molecule has 1 aliphatic rings. The SMILES string of the molecule is O=C(Nc1ccc(Cl)c(-c2nnc3n2CCCCC3)c1)c1ccoc1. The van der Waals surface area contributed by atoms with Gasteiger partial charge >= 0.3 is 0 Å². The van der Waals surface area contributed by atoms with Gasteiger partial charge in [0.25, 0.3) is 5.91 Å². The van der Waals surface area contributed by atoms with Gasteiger partial charge in [-0.15, -0.1) is 10.2 Å². The van der Waals surface area contributed by atoms with Crippen molar-refractivity contribution in [3.63, 3.8) is 0 Å². The number of nitrogens with zero attached hydrogens (tertiary/aromatic N) is 3. The smallest absolute Gasteiger partial charge is 0.258 e. The van der Waals surface area contributed by atoms with E-state index in [1.54, 1.807) is 18.2 Å². The van der Waals surface area contributed by atoms with Gasteiger partial charge in [-0.05, 0) is 37.1 Å². The number of carbonyl (C=O) groups excluding carboxylic acids is 1. The molecule has 1 amide bonds. The van der Waals surface area contributed by atoms with Gasteiger partial charge in [-0.25, -0.2) is 0 Å². The lowest BCUT2D eigenvalue weighted by molar-refractivity contribution is 0.102. The molecule has 0 aliphatic carbocycles. The summed E-state index contributed by atoms with van der Waals surface area (Å²) in [6, 6.07) is 6.98. The number of amides is 1. The molecule has 0 unspecified atom stereocenters. The van der Waals surface area contributed by atoms with Crippen LogP contribution in [0, 0.1) is 0 Å². The van der Waals surface area contributed by atoms with E-state index in [2.05, 4.69) is 20.1 Å². The van der Waals surface area contributed by atoms with E-state index in [-0.39, 0.29) is 5.91 Å². The van der Waals surface area contributed by atoms with Gasteiger partial charge in [0.05, 0.1) is 16.8 Å². The van der Waals surface area contributed by atoms with Crippen molar-refractivity contribution in [1.82, 2.24) is 14.8 Å². The van der Waals surface area contributed by atoms with Crippen LogP contribution >= 0.6 is 11.6 Å². The third-order valence-electron chi connectivity index (χ3n) is 4.36. The average molecular weight is 357 g/mol. The lowest BCUT2D eigenvalue weighted by atomic mass is 10.1. The molecule has 0 radical (unpaired) electrons. The van der Waals surface area contributed by atoms with Gasteiger partial charge in [0.15, 0.2) is 5.82 Å². The van der Waals surface area contributed by atoms with Gasteiger partial charge < -0.3 is 14.3 Å². The Morgan fingerprint density at radius 2 is 2.12 bits per heavy atom. The van der Waals surface area contributed by atoms with Crippen LogP contribution in [0.2, 0.25) is 5.02 Å². The van der Waals surface area contributed by atoms with Crippen LogP contribution in [0.15, 0.2) is 41.2 Å². The minimum Gasteiger partial charge on any atom is -0.472 e. The number of nitrogens with one attached hydrogen (secondary N) is 1. The number of fused-ring (bicyclic) bond motifs is 1. The van der Waals surface area contributed by atoms with Crippen LogP contribution in [-0.4, -0.2) is 20.7 Å².